The lowest BCUT2D eigenvalue weighted by atomic mass is 10.2. The van der Waals surface area contributed by atoms with Gasteiger partial charge in [-0.3, -0.25) is 10.1 Å². The molecule has 16 heavy (non-hydrogen) atoms. The highest BCUT2D eigenvalue weighted by Crippen LogP contribution is 2.31. The van der Waals surface area contributed by atoms with Gasteiger partial charge in [-0.25, -0.2) is 0 Å². The molecule has 0 atom stereocenters. The molecule has 1 aromatic carbocycles. The summed E-state index contributed by atoms with van der Waals surface area (Å²) < 4.78 is 4.91. The predicted octanol–water partition coefficient (Wildman–Crippen LogP) is 1.88. The molecule has 2 aromatic rings. The molecular weight excluding hydrogens is 236 g/mol. The average Bonchev–Trinajstić information content (AvgIpc) is 2.64. The number of halogens is 1. The monoisotopic (exact) mass is 240 g/mol. The largest absolute Gasteiger partial charge is 0.403 e. The topological polar surface area (TPSA) is 108 Å². The Morgan fingerprint density at radius 3 is 2.75 bits per heavy atom. The molecule has 82 valence electrons. The maximum Gasteiger partial charge on any atom is 0.313 e. The molecule has 8 heteroatoms. The van der Waals surface area contributed by atoms with Crippen LogP contribution in [0.1, 0.15) is 0 Å². The number of hydrogen-bond acceptors (Lipinski definition) is 6. The molecule has 0 unspecified atom stereocenters. The number of nitrogens with two attached hydrogens (primary N) is 1. The second-order valence-electron chi connectivity index (χ2n) is 2.86. The first-order valence-corrected chi connectivity index (χ1v) is 4.49. The molecule has 2 rings (SSSR count). The molecule has 0 aliphatic heterocycles. The van der Waals surface area contributed by atoms with E-state index >= 15 is 0 Å². The van der Waals surface area contributed by atoms with Crippen molar-refractivity contribution < 1.29 is 9.34 Å². The third-order valence-electron chi connectivity index (χ3n) is 1.83. The highest BCUT2D eigenvalue weighted by atomic mass is 35.5. The molecule has 0 aliphatic rings. The van der Waals surface area contributed by atoms with Crippen molar-refractivity contribution in [3.8, 4) is 11.5 Å². The fraction of sp³-hybridized carbons (Fsp3) is 0. The van der Waals surface area contributed by atoms with Gasteiger partial charge in [0.15, 0.2) is 0 Å². The van der Waals surface area contributed by atoms with Crippen molar-refractivity contribution in [1.82, 2.24) is 10.2 Å². The highest BCUT2D eigenvalue weighted by Gasteiger charge is 2.20. The van der Waals surface area contributed by atoms with Gasteiger partial charge in [0.2, 0.25) is 0 Å². The summed E-state index contributed by atoms with van der Waals surface area (Å²) in [6.45, 7) is 0. The van der Waals surface area contributed by atoms with Crippen LogP contribution >= 0.6 is 11.6 Å². The maximum atomic E-state index is 10.8. The van der Waals surface area contributed by atoms with Gasteiger partial charge in [0.1, 0.15) is 5.56 Å². The van der Waals surface area contributed by atoms with Crippen LogP contribution in [-0.2, 0) is 0 Å². The first-order valence-electron chi connectivity index (χ1n) is 4.11. The van der Waals surface area contributed by atoms with Crippen LogP contribution in [0.4, 0.5) is 11.7 Å². The average molecular weight is 241 g/mol. The molecule has 7 nitrogen and oxygen atoms in total. The van der Waals surface area contributed by atoms with Crippen molar-refractivity contribution in [3.05, 3.63) is 33.3 Å². The van der Waals surface area contributed by atoms with Crippen molar-refractivity contribution in [2.45, 2.75) is 0 Å². The smallest absolute Gasteiger partial charge is 0.313 e. The summed E-state index contributed by atoms with van der Waals surface area (Å²) in [7, 11) is 0. The second-order valence-corrected chi connectivity index (χ2v) is 3.30. The summed E-state index contributed by atoms with van der Waals surface area (Å²) >= 11 is 5.73. The molecule has 0 spiro atoms. The van der Waals surface area contributed by atoms with Crippen LogP contribution in [0.25, 0.3) is 11.5 Å². The lowest BCUT2D eigenvalue weighted by Crippen LogP contribution is -1.92. The quantitative estimate of drug-likeness (QED) is 0.634. The predicted molar refractivity (Wildman–Crippen MR) is 55.8 cm³/mol. The molecule has 1 aromatic heterocycles. The van der Waals surface area contributed by atoms with E-state index in [-0.39, 0.29) is 23.2 Å². The molecule has 0 fully saturated rings. The van der Waals surface area contributed by atoms with Gasteiger partial charge in [0.25, 0.3) is 11.6 Å². The first kappa shape index (κ1) is 10.4. The van der Waals surface area contributed by atoms with Gasteiger partial charge in [-0.2, -0.15) is 0 Å². The van der Waals surface area contributed by atoms with Gasteiger partial charge < -0.3 is 10.2 Å². The Hall–Kier alpha value is -2.15. The van der Waals surface area contributed by atoms with Crippen LogP contribution in [-0.4, -0.2) is 15.1 Å². The van der Waals surface area contributed by atoms with Gasteiger partial charge in [-0.05, 0) is 12.1 Å². The molecule has 0 bridgehead atoms. The van der Waals surface area contributed by atoms with Crippen LogP contribution in [0.3, 0.4) is 0 Å². The molecule has 0 saturated heterocycles. The lowest BCUT2D eigenvalue weighted by Gasteiger charge is -1.98. The third kappa shape index (κ3) is 1.80. The van der Waals surface area contributed by atoms with Crippen molar-refractivity contribution in [2.24, 2.45) is 0 Å². The van der Waals surface area contributed by atoms with E-state index in [1.54, 1.807) is 0 Å². The number of nitro groups is 1. The van der Waals surface area contributed by atoms with Crippen molar-refractivity contribution >= 4 is 23.3 Å². The molecule has 1 heterocycles. The van der Waals surface area contributed by atoms with E-state index in [0.717, 1.165) is 0 Å². The van der Waals surface area contributed by atoms with Crippen LogP contribution in [0.15, 0.2) is 22.6 Å². The first-order chi connectivity index (χ1) is 7.58. The van der Waals surface area contributed by atoms with E-state index in [0.29, 0.717) is 5.02 Å². The van der Waals surface area contributed by atoms with Gasteiger partial charge in [-0.15, -0.1) is 5.10 Å². The number of anilines is 1. The molecule has 0 aliphatic carbocycles. The zero-order valence-corrected chi connectivity index (χ0v) is 8.51. The minimum atomic E-state index is -0.563. The highest BCUT2D eigenvalue weighted by molar-refractivity contribution is 6.31. The van der Waals surface area contributed by atoms with Crippen molar-refractivity contribution in [1.29, 1.82) is 0 Å². The second kappa shape index (κ2) is 3.78. The van der Waals surface area contributed by atoms with Gasteiger partial charge >= 0.3 is 6.01 Å². The zero-order chi connectivity index (χ0) is 11.7. The number of nitrogens with zero attached hydrogens (tertiary/aromatic N) is 3. The Labute approximate surface area is 94.0 Å². The minimum Gasteiger partial charge on any atom is -0.403 e. The molecule has 0 amide bonds. The molecular formula is C8H5ClN4O3. The number of hydrogen-bond donors (Lipinski definition) is 1. The number of nitro benzene ring substituents is 1. The van der Waals surface area contributed by atoms with Gasteiger partial charge in [0, 0.05) is 11.1 Å². The van der Waals surface area contributed by atoms with Gasteiger partial charge in [-0.1, -0.05) is 16.7 Å². The lowest BCUT2D eigenvalue weighted by molar-refractivity contribution is -0.384. The molecule has 2 N–H and O–H groups in total. The Kier molecular flexibility index (Phi) is 2.45. The Morgan fingerprint density at radius 2 is 2.19 bits per heavy atom. The summed E-state index contributed by atoms with van der Waals surface area (Å²) in [5.74, 6) is -0.0355. The van der Waals surface area contributed by atoms with Crippen LogP contribution in [0.2, 0.25) is 5.02 Å². The van der Waals surface area contributed by atoms with Crippen LogP contribution in [0, 0.1) is 10.1 Å². The zero-order valence-electron chi connectivity index (χ0n) is 7.75. The van der Waals surface area contributed by atoms with E-state index < -0.39 is 4.92 Å². The van der Waals surface area contributed by atoms with E-state index in [2.05, 4.69) is 10.2 Å². The Bertz CT molecular complexity index is 554. The summed E-state index contributed by atoms with van der Waals surface area (Å²) in [4.78, 5) is 10.2. The number of aromatic nitrogens is 2. The van der Waals surface area contributed by atoms with Crippen molar-refractivity contribution in [3.63, 3.8) is 0 Å². The maximum absolute atomic E-state index is 10.8. The van der Waals surface area contributed by atoms with Gasteiger partial charge in [0.05, 0.1) is 4.92 Å². The fourth-order valence-corrected chi connectivity index (χ4v) is 1.35. The van der Waals surface area contributed by atoms with E-state index in [9.17, 15) is 10.1 Å². The van der Waals surface area contributed by atoms with Crippen molar-refractivity contribution in [2.75, 3.05) is 5.73 Å². The number of benzene rings is 1. The molecule has 0 saturated carbocycles. The standard InChI is InChI=1S/C8H5ClN4O3/c9-4-1-2-6(13(14)15)5(3-4)7-11-12-8(10)16-7/h1-3H,(H2,10,12). The SMILES string of the molecule is Nc1nnc(-c2cc(Cl)ccc2[N+](=O)[O-])o1. The van der Waals surface area contributed by atoms with E-state index in [4.69, 9.17) is 21.8 Å². The Morgan fingerprint density at radius 1 is 1.44 bits per heavy atom. The molecule has 0 radical (unpaired) electrons. The summed E-state index contributed by atoms with van der Waals surface area (Å²) in [5.41, 5.74) is 5.20. The summed E-state index contributed by atoms with van der Waals surface area (Å²) in [5, 5.41) is 18.1. The van der Waals surface area contributed by atoms with Crippen LogP contribution < -0.4 is 5.73 Å². The number of nitrogen functional groups attached to an aromatic ring is 1. The summed E-state index contributed by atoms with van der Waals surface area (Å²) in [6, 6.07) is 3.87. The van der Waals surface area contributed by atoms with E-state index in [1.165, 1.54) is 18.2 Å². The fourth-order valence-electron chi connectivity index (χ4n) is 1.18. The van der Waals surface area contributed by atoms with E-state index in [1.807, 2.05) is 0 Å². The van der Waals surface area contributed by atoms with Crippen LogP contribution in [0.5, 0.6) is 0 Å². The normalized spacial score (nSPS) is 10.3. The third-order valence-corrected chi connectivity index (χ3v) is 2.06. The summed E-state index contributed by atoms with van der Waals surface area (Å²) in [6.07, 6.45) is 0. The minimum absolute atomic E-state index is 0.0355. The number of rotatable bonds is 2. The Balaban J connectivity index is 2.62.